The lowest BCUT2D eigenvalue weighted by Gasteiger charge is -2.26. The molecule has 4 aromatic carbocycles. The lowest BCUT2D eigenvalue weighted by Crippen LogP contribution is -2.25. The molecular weight excluding hydrogens is 649 g/mol. The van der Waals surface area contributed by atoms with Crippen LogP contribution in [0.5, 0.6) is 11.5 Å². The van der Waals surface area contributed by atoms with Gasteiger partial charge >= 0.3 is 0 Å². The summed E-state index contributed by atoms with van der Waals surface area (Å²) in [4.78, 5) is 9.51. The largest absolute Gasteiger partial charge is 0.457 e. The molecule has 6 aromatic rings. The van der Waals surface area contributed by atoms with Crippen molar-refractivity contribution in [3.05, 3.63) is 132 Å². The van der Waals surface area contributed by atoms with Gasteiger partial charge in [0, 0.05) is 52.9 Å². The maximum atomic E-state index is 6.82. The van der Waals surface area contributed by atoms with Crippen molar-refractivity contribution in [3.63, 3.8) is 0 Å². The lowest BCUT2D eigenvalue weighted by atomic mass is 9.86. The summed E-state index contributed by atoms with van der Waals surface area (Å²) in [7, 11) is 0. The Morgan fingerprint density at radius 2 is 1.08 bits per heavy atom. The Balaban J connectivity index is 1.28. The average molecular weight is 705 g/mol. The molecule has 1 aliphatic rings. The average Bonchev–Trinajstić information content (AvgIpc) is 3.70. The highest BCUT2D eigenvalue weighted by atomic mass is 16.5. The Morgan fingerprint density at radius 1 is 0.472 bits per heavy atom. The van der Waals surface area contributed by atoms with Crippen LogP contribution in [0.4, 0.5) is 11.4 Å². The summed E-state index contributed by atoms with van der Waals surface area (Å²) in [6.45, 7) is 27.8. The Hall–Kier alpha value is -5.03. The van der Waals surface area contributed by atoms with E-state index < -0.39 is 0 Å². The van der Waals surface area contributed by atoms with Gasteiger partial charge < -0.3 is 14.5 Å². The molecule has 0 unspecified atom stereocenters. The van der Waals surface area contributed by atoms with E-state index in [-0.39, 0.29) is 21.7 Å². The summed E-state index contributed by atoms with van der Waals surface area (Å²) in [5, 5.41) is 2.40. The molecule has 0 bridgehead atoms. The van der Waals surface area contributed by atoms with Crippen molar-refractivity contribution in [1.82, 2.24) is 9.55 Å². The fourth-order valence-corrected chi connectivity index (χ4v) is 7.07. The van der Waals surface area contributed by atoms with Crippen molar-refractivity contribution >= 4 is 33.2 Å². The number of benzene rings is 4. The van der Waals surface area contributed by atoms with E-state index in [1.165, 1.54) is 38.7 Å². The van der Waals surface area contributed by atoms with Gasteiger partial charge in [0.05, 0.1) is 17.7 Å². The number of aromatic nitrogens is 2. The number of fused-ring (bicyclic) bond motifs is 3. The third-order valence-corrected chi connectivity index (χ3v) is 10.6. The van der Waals surface area contributed by atoms with Crippen LogP contribution in [0.25, 0.3) is 27.6 Å². The van der Waals surface area contributed by atoms with Gasteiger partial charge in [0.2, 0.25) is 0 Å². The molecule has 0 spiro atoms. The number of rotatable bonds is 5. The summed E-state index contributed by atoms with van der Waals surface area (Å²) in [6.07, 6.45) is 6.26. The summed E-state index contributed by atoms with van der Waals surface area (Å²) in [5.41, 5.74) is 9.70. The third kappa shape index (κ3) is 7.31. The minimum Gasteiger partial charge on any atom is -0.457 e. The molecule has 7 rings (SSSR count). The highest BCUT2D eigenvalue weighted by Gasteiger charge is 2.24. The highest BCUT2D eigenvalue weighted by molar-refractivity contribution is 6.09. The van der Waals surface area contributed by atoms with E-state index >= 15 is 0 Å². The van der Waals surface area contributed by atoms with Crippen LogP contribution in [0.2, 0.25) is 0 Å². The van der Waals surface area contributed by atoms with Gasteiger partial charge in [-0.05, 0) is 105 Å². The van der Waals surface area contributed by atoms with Crippen LogP contribution >= 0.6 is 0 Å². The minimum absolute atomic E-state index is 0.00164. The number of hydrogen-bond acceptors (Lipinski definition) is 4. The normalized spacial score (nSPS) is 14.2. The van der Waals surface area contributed by atoms with Crippen molar-refractivity contribution in [3.8, 4) is 17.3 Å². The first kappa shape index (κ1) is 36.3. The molecule has 0 radical (unpaired) electrons. The van der Waals surface area contributed by atoms with Gasteiger partial charge in [0.1, 0.15) is 17.3 Å². The topological polar surface area (TPSA) is 33.5 Å². The number of anilines is 2. The second kappa shape index (κ2) is 12.8. The zero-order chi connectivity index (χ0) is 38.1. The van der Waals surface area contributed by atoms with Crippen LogP contribution in [0.3, 0.4) is 0 Å². The zero-order valence-corrected chi connectivity index (χ0v) is 33.8. The van der Waals surface area contributed by atoms with Crippen LogP contribution in [0.1, 0.15) is 105 Å². The predicted octanol–water partition coefficient (Wildman–Crippen LogP) is 12.9. The van der Waals surface area contributed by atoms with E-state index in [9.17, 15) is 0 Å². The fourth-order valence-electron chi connectivity index (χ4n) is 7.07. The molecule has 1 aliphatic heterocycles. The van der Waals surface area contributed by atoms with E-state index in [1.807, 2.05) is 6.20 Å². The molecule has 0 amide bonds. The molecule has 5 nitrogen and oxygen atoms in total. The monoisotopic (exact) mass is 704 g/mol. The second-order valence-corrected chi connectivity index (χ2v) is 18.9. The molecule has 0 atom stereocenters. The Kier molecular flexibility index (Phi) is 8.79. The number of pyridine rings is 1. The van der Waals surface area contributed by atoms with Gasteiger partial charge in [-0.1, -0.05) is 101 Å². The molecular formula is C48H56N4O. The van der Waals surface area contributed by atoms with Crippen molar-refractivity contribution in [1.29, 1.82) is 0 Å². The van der Waals surface area contributed by atoms with E-state index in [4.69, 9.17) is 9.72 Å². The number of ether oxygens (including phenoxy) is 1. The SMILES string of the molecule is CC(C)(C)c1ccc(N2C=CN(c3cc(Oc4ccc5c6cc(C(C)(C)C)ccc6n(-c6cc(C(C)(C)C)ccn6)c5c4)cc(C(C)(C)C)c3)C2)cc1. The van der Waals surface area contributed by atoms with Crippen LogP contribution in [-0.2, 0) is 21.7 Å². The van der Waals surface area contributed by atoms with Crippen molar-refractivity contribution < 1.29 is 4.74 Å². The number of nitrogens with zero attached hydrogens (tertiary/aromatic N) is 4. The first-order valence-corrected chi connectivity index (χ1v) is 19.0. The molecule has 0 saturated heterocycles. The predicted molar refractivity (Wildman–Crippen MR) is 225 cm³/mol. The minimum atomic E-state index is -0.0646. The Labute approximate surface area is 316 Å². The van der Waals surface area contributed by atoms with Crippen LogP contribution in [-0.4, -0.2) is 16.2 Å². The summed E-state index contributed by atoms with van der Waals surface area (Å²) >= 11 is 0. The second-order valence-electron chi connectivity index (χ2n) is 18.9. The highest BCUT2D eigenvalue weighted by Crippen LogP contribution is 2.40. The maximum Gasteiger partial charge on any atom is 0.137 e. The van der Waals surface area contributed by atoms with Crippen molar-refractivity contribution in [2.75, 3.05) is 16.5 Å². The summed E-state index contributed by atoms with van der Waals surface area (Å²) in [5.74, 6) is 2.52. The first-order chi connectivity index (χ1) is 24.8. The number of hydrogen-bond donors (Lipinski definition) is 0. The molecule has 53 heavy (non-hydrogen) atoms. The van der Waals surface area contributed by atoms with E-state index in [0.29, 0.717) is 0 Å². The smallest absolute Gasteiger partial charge is 0.137 e. The van der Waals surface area contributed by atoms with Crippen molar-refractivity contribution in [2.24, 2.45) is 0 Å². The van der Waals surface area contributed by atoms with Crippen LogP contribution in [0.15, 0.2) is 110 Å². The van der Waals surface area contributed by atoms with Gasteiger partial charge in [-0.25, -0.2) is 4.98 Å². The standard InChI is InChI=1S/C48H56N4O/c1-45(2,3)32-13-16-36(17-14-32)50-23-24-51(31-50)37-25-35(48(10,11)12)26-39(29-37)53-38-18-19-40-41-27-33(46(4,5)6)15-20-42(41)52(43(40)30-38)44-28-34(21-22-49-44)47(7,8)9/h13-30H,31H2,1-12H3. The van der Waals surface area contributed by atoms with Crippen molar-refractivity contribution in [2.45, 2.75) is 105 Å². The van der Waals surface area contributed by atoms with Crippen LogP contribution < -0.4 is 14.5 Å². The van der Waals surface area contributed by atoms with Gasteiger partial charge in [0.15, 0.2) is 0 Å². The quantitative estimate of drug-likeness (QED) is 0.179. The van der Waals surface area contributed by atoms with E-state index in [1.54, 1.807) is 0 Å². The summed E-state index contributed by atoms with van der Waals surface area (Å²) < 4.78 is 9.12. The Bertz CT molecular complexity index is 2330. The van der Waals surface area contributed by atoms with Gasteiger partial charge in [-0.15, -0.1) is 0 Å². The molecule has 0 fully saturated rings. The molecule has 0 aliphatic carbocycles. The van der Waals surface area contributed by atoms with Gasteiger partial charge in [0.25, 0.3) is 0 Å². The zero-order valence-electron chi connectivity index (χ0n) is 33.8. The van der Waals surface area contributed by atoms with Crippen LogP contribution in [0, 0.1) is 0 Å². The fraction of sp³-hybridized carbons (Fsp3) is 0.354. The Morgan fingerprint density at radius 3 is 1.72 bits per heavy atom. The molecule has 3 heterocycles. The molecule has 0 N–H and O–H groups in total. The van der Waals surface area contributed by atoms with Gasteiger partial charge in [-0.2, -0.15) is 0 Å². The maximum absolute atomic E-state index is 6.82. The lowest BCUT2D eigenvalue weighted by molar-refractivity contribution is 0.479. The molecule has 2 aromatic heterocycles. The molecule has 274 valence electrons. The van der Waals surface area contributed by atoms with E-state index in [2.05, 4.69) is 201 Å². The molecule has 0 saturated carbocycles. The first-order valence-electron chi connectivity index (χ1n) is 19.0. The summed E-state index contributed by atoms with van der Waals surface area (Å²) in [6, 6.07) is 33.3. The molecule has 5 heteroatoms. The van der Waals surface area contributed by atoms with Gasteiger partial charge in [-0.3, -0.25) is 4.57 Å². The van der Waals surface area contributed by atoms with E-state index in [0.717, 1.165) is 40.7 Å². The third-order valence-electron chi connectivity index (χ3n) is 10.6.